The lowest BCUT2D eigenvalue weighted by molar-refractivity contribution is -0.124. The highest BCUT2D eigenvalue weighted by molar-refractivity contribution is 7.80. The van der Waals surface area contributed by atoms with Gasteiger partial charge < -0.3 is 26.5 Å². The monoisotopic (exact) mass is 379 g/mol. The molecule has 0 aliphatic carbocycles. The molecular weight excluding hydrogens is 362 g/mol. The Labute approximate surface area is 142 Å². The van der Waals surface area contributed by atoms with E-state index in [0.29, 0.717) is 11.5 Å². The fraction of sp³-hybridized carbons (Fsp3) is 0.600. The van der Waals surface area contributed by atoms with Crippen molar-refractivity contribution in [2.24, 2.45) is 16.6 Å². The Morgan fingerprint density at radius 3 is 2.72 bits per heavy atom. The van der Waals surface area contributed by atoms with Gasteiger partial charge in [0.25, 0.3) is 5.91 Å². The van der Waals surface area contributed by atoms with Gasteiger partial charge in [0, 0.05) is 6.54 Å². The van der Waals surface area contributed by atoms with E-state index >= 15 is 0 Å². The first kappa shape index (κ1) is 18.7. The molecule has 0 aromatic heterocycles. The first-order chi connectivity index (χ1) is 11.6. The molecule has 0 spiro atoms. The Bertz CT molecular complexity index is 704. The average molecular weight is 379 g/mol. The van der Waals surface area contributed by atoms with Gasteiger partial charge >= 0.3 is 16.4 Å². The van der Waals surface area contributed by atoms with Gasteiger partial charge in [0.15, 0.2) is 6.61 Å². The van der Waals surface area contributed by atoms with Gasteiger partial charge in [-0.25, -0.2) is 4.79 Å². The van der Waals surface area contributed by atoms with E-state index in [9.17, 15) is 18.0 Å². The van der Waals surface area contributed by atoms with Crippen molar-refractivity contribution < 1.29 is 31.7 Å². The summed E-state index contributed by atoms with van der Waals surface area (Å²) in [5, 5.41) is 13.9. The van der Waals surface area contributed by atoms with E-state index in [1.807, 2.05) is 0 Å². The summed E-state index contributed by atoms with van der Waals surface area (Å²) in [6, 6.07) is -2.20. The van der Waals surface area contributed by atoms with Crippen molar-refractivity contribution in [2.75, 3.05) is 13.2 Å². The van der Waals surface area contributed by atoms with Crippen LogP contribution in [0.5, 0.6) is 0 Å². The number of amides is 3. The van der Waals surface area contributed by atoms with Crippen LogP contribution in [0.4, 0.5) is 4.79 Å². The number of rotatable bonds is 6. The molecule has 2 aliphatic heterocycles. The molecule has 2 saturated heterocycles. The van der Waals surface area contributed by atoms with Gasteiger partial charge in [-0.05, 0) is 18.0 Å². The van der Waals surface area contributed by atoms with Crippen molar-refractivity contribution >= 4 is 34.1 Å². The van der Waals surface area contributed by atoms with Crippen molar-refractivity contribution in [2.45, 2.75) is 24.9 Å². The van der Waals surface area contributed by atoms with Crippen LogP contribution < -0.4 is 16.8 Å². The zero-order valence-electron chi connectivity index (χ0n) is 12.8. The normalized spacial score (nSPS) is 22.5. The van der Waals surface area contributed by atoms with E-state index in [1.54, 1.807) is 0 Å². The van der Waals surface area contributed by atoms with E-state index in [-0.39, 0.29) is 24.8 Å². The summed E-state index contributed by atoms with van der Waals surface area (Å²) in [6.07, 6.45) is 0.598. The maximum atomic E-state index is 12.2. The minimum absolute atomic E-state index is 0.0851. The van der Waals surface area contributed by atoms with Gasteiger partial charge in [-0.2, -0.15) is 13.5 Å². The quantitative estimate of drug-likeness (QED) is 0.140. The number of guanidine groups is 1. The Hall–Kier alpha value is -2.65. The number of hydrogen-bond donors (Lipinski definition) is 5. The lowest BCUT2D eigenvalue weighted by Gasteiger charge is -2.30. The van der Waals surface area contributed by atoms with Crippen molar-refractivity contribution in [3.05, 3.63) is 0 Å². The molecule has 2 unspecified atom stereocenters. The second kappa shape index (κ2) is 7.08. The summed E-state index contributed by atoms with van der Waals surface area (Å²) in [5.74, 6) is -1.36. The highest BCUT2D eigenvalue weighted by Gasteiger charge is 2.48. The first-order valence-electron chi connectivity index (χ1n) is 6.94. The number of oxime groups is 1. The molecule has 15 heteroatoms. The predicted octanol–water partition coefficient (Wildman–Crippen LogP) is -2.71. The molecule has 0 radical (unpaired) electrons. The predicted molar refractivity (Wildman–Crippen MR) is 81.0 cm³/mol. The molecule has 0 aromatic carbocycles. The van der Waals surface area contributed by atoms with Crippen molar-refractivity contribution in [1.29, 1.82) is 5.41 Å². The van der Waals surface area contributed by atoms with Gasteiger partial charge in [0.2, 0.25) is 5.96 Å². The molecular formula is C10H17N7O7S. The SMILES string of the molecule is N=C(NC(=O)CON=C(N)N)C1CCC2CN1C(=O)N2OS(=O)(=O)O. The van der Waals surface area contributed by atoms with Gasteiger partial charge in [-0.3, -0.25) is 14.8 Å². The van der Waals surface area contributed by atoms with Crippen LogP contribution in [0, 0.1) is 5.41 Å². The number of hydroxylamine groups is 2. The highest BCUT2D eigenvalue weighted by Crippen LogP contribution is 2.30. The van der Waals surface area contributed by atoms with Crippen LogP contribution in [0.15, 0.2) is 5.16 Å². The molecule has 2 atom stereocenters. The minimum atomic E-state index is -4.85. The third-order valence-electron chi connectivity index (χ3n) is 3.47. The van der Waals surface area contributed by atoms with E-state index in [2.05, 4.69) is 19.6 Å². The topological polar surface area (TPSA) is 214 Å². The van der Waals surface area contributed by atoms with Crippen LogP contribution >= 0.6 is 0 Å². The number of urea groups is 1. The second-order valence-electron chi connectivity index (χ2n) is 5.26. The Kier molecular flexibility index (Phi) is 5.29. The van der Waals surface area contributed by atoms with E-state index in [1.165, 1.54) is 4.90 Å². The Morgan fingerprint density at radius 2 is 2.12 bits per heavy atom. The van der Waals surface area contributed by atoms with E-state index < -0.39 is 41.0 Å². The number of piperidine rings is 1. The molecule has 140 valence electrons. The highest BCUT2D eigenvalue weighted by atomic mass is 32.3. The zero-order chi connectivity index (χ0) is 18.8. The molecule has 2 aliphatic rings. The molecule has 3 amide bonds. The van der Waals surface area contributed by atoms with Crippen LogP contribution in [-0.2, 0) is 24.3 Å². The van der Waals surface area contributed by atoms with E-state index in [0.717, 1.165) is 0 Å². The Balaban J connectivity index is 1.96. The number of nitrogens with zero attached hydrogens (tertiary/aromatic N) is 3. The second-order valence-corrected chi connectivity index (χ2v) is 6.27. The van der Waals surface area contributed by atoms with Crippen LogP contribution in [0.25, 0.3) is 0 Å². The van der Waals surface area contributed by atoms with Gasteiger partial charge in [-0.1, -0.05) is 0 Å². The van der Waals surface area contributed by atoms with Gasteiger partial charge in [-0.15, -0.1) is 4.28 Å². The van der Waals surface area contributed by atoms with Gasteiger partial charge in [0.05, 0.1) is 12.1 Å². The fourth-order valence-electron chi connectivity index (χ4n) is 2.57. The van der Waals surface area contributed by atoms with Gasteiger partial charge in [0.1, 0.15) is 5.84 Å². The molecule has 25 heavy (non-hydrogen) atoms. The van der Waals surface area contributed by atoms with Crippen molar-refractivity contribution in [1.82, 2.24) is 15.3 Å². The number of nitrogens with one attached hydrogen (secondary N) is 2. The summed E-state index contributed by atoms with van der Waals surface area (Å²) in [5.41, 5.74) is 10.0. The lowest BCUT2D eigenvalue weighted by Crippen LogP contribution is -2.51. The number of carbonyl (C=O) groups excluding carboxylic acids is 2. The summed E-state index contributed by atoms with van der Waals surface area (Å²) >= 11 is 0. The van der Waals surface area contributed by atoms with Crippen LogP contribution in [-0.4, -0.2) is 71.9 Å². The zero-order valence-corrected chi connectivity index (χ0v) is 13.6. The molecule has 2 heterocycles. The third-order valence-corrected chi connectivity index (χ3v) is 3.82. The lowest BCUT2D eigenvalue weighted by atomic mass is 10.00. The van der Waals surface area contributed by atoms with Crippen molar-refractivity contribution in [3.8, 4) is 0 Å². The van der Waals surface area contributed by atoms with Crippen LogP contribution in [0.2, 0.25) is 0 Å². The fourth-order valence-corrected chi connectivity index (χ4v) is 2.96. The largest absolute Gasteiger partial charge is 0.418 e. The number of fused-ring (bicyclic) bond motifs is 2. The number of nitrogens with two attached hydrogens (primary N) is 2. The van der Waals surface area contributed by atoms with Crippen LogP contribution in [0.3, 0.4) is 0 Å². The summed E-state index contributed by atoms with van der Waals surface area (Å²) in [7, 11) is -4.85. The molecule has 7 N–H and O–H groups in total. The molecule has 2 fully saturated rings. The van der Waals surface area contributed by atoms with Crippen molar-refractivity contribution in [3.63, 3.8) is 0 Å². The first-order valence-corrected chi connectivity index (χ1v) is 8.31. The molecule has 0 saturated carbocycles. The Morgan fingerprint density at radius 1 is 1.44 bits per heavy atom. The number of amidine groups is 1. The van der Waals surface area contributed by atoms with Crippen LogP contribution in [0.1, 0.15) is 12.8 Å². The third kappa shape index (κ3) is 4.68. The summed E-state index contributed by atoms with van der Waals surface area (Å²) in [4.78, 5) is 29.5. The standard InChI is InChI=1S/C10H17N7O7S/c11-8(14-7(18)4-23-15-9(12)13)6-2-1-5-3-16(6)10(19)17(5)24-25(20,21)22/h5-6H,1-4H2,(H2,11,14,18)(H4,12,13,15)(H,20,21,22). The number of carbonyl (C=O) groups is 2. The maximum absolute atomic E-state index is 12.2. The maximum Gasteiger partial charge on any atom is 0.418 e. The molecule has 0 aromatic rings. The minimum Gasteiger partial charge on any atom is -0.383 e. The number of hydrogen-bond acceptors (Lipinski definition) is 8. The molecule has 2 bridgehead atoms. The van der Waals surface area contributed by atoms with E-state index in [4.69, 9.17) is 21.4 Å². The molecule has 14 nitrogen and oxygen atoms in total. The molecule has 2 rings (SSSR count). The summed E-state index contributed by atoms with van der Waals surface area (Å²) in [6.45, 7) is -0.455. The smallest absolute Gasteiger partial charge is 0.383 e. The summed E-state index contributed by atoms with van der Waals surface area (Å²) < 4.78 is 34.6. The average Bonchev–Trinajstić information content (AvgIpc) is 2.70.